The molecule has 1 N–H and O–H groups in total. The number of ether oxygens (including phenoxy) is 1. The minimum Gasteiger partial charge on any atom is -0.379 e. The van der Waals surface area contributed by atoms with Crippen LogP contribution in [0.4, 0.5) is 5.69 Å². The van der Waals surface area contributed by atoms with E-state index in [-0.39, 0.29) is 26.8 Å². The molecule has 21 heavy (non-hydrogen) atoms. The minimum absolute atomic E-state index is 0.0960. The predicted molar refractivity (Wildman–Crippen MR) is 83.5 cm³/mol. The van der Waals surface area contributed by atoms with Gasteiger partial charge < -0.3 is 10.1 Å². The van der Waals surface area contributed by atoms with Crippen molar-refractivity contribution in [2.45, 2.75) is 4.90 Å². The molecule has 1 aromatic rings. The molecule has 9 heteroatoms. The number of carbonyl (C=O) groups is 1. The Morgan fingerprint density at radius 3 is 2.67 bits per heavy atom. The summed E-state index contributed by atoms with van der Waals surface area (Å²) in [5, 5.41) is 2.93. The maximum Gasteiger partial charge on any atom is 0.243 e. The Kier molecular flexibility index (Phi) is 5.61. The van der Waals surface area contributed by atoms with Gasteiger partial charge >= 0.3 is 0 Å². The molecule has 1 amide bonds. The van der Waals surface area contributed by atoms with Gasteiger partial charge in [-0.2, -0.15) is 4.31 Å². The maximum absolute atomic E-state index is 12.5. The lowest BCUT2D eigenvalue weighted by Crippen LogP contribution is -2.40. The molecule has 1 fully saturated rings. The molecule has 116 valence electrons. The quantitative estimate of drug-likeness (QED) is 0.785. The van der Waals surface area contributed by atoms with Gasteiger partial charge in [0.05, 0.1) is 34.1 Å². The molecule has 0 atom stereocenters. The molecule has 0 aliphatic carbocycles. The molecule has 1 saturated heterocycles. The molecule has 0 aromatic heterocycles. The van der Waals surface area contributed by atoms with Crippen LogP contribution in [-0.2, 0) is 19.6 Å². The van der Waals surface area contributed by atoms with Crippen molar-refractivity contribution < 1.29 is 17.9 Å². The van der Waals surface area contributed by atoms with Crippen LogP contribution in [0.1, 0.15) is 0 Å². The molecule has 0 bridgehead atoms. The lowest BCUT2D eigenvalue weighted by atomic mass is 10.3. The predicted octanol–water partition coefficient (Wildman–Crippen LogP) is 1.69. The van der Waals surface area contributed by atoms with Crippen LogP contribution >= 0.6 is 27.5 Å². The van der Waals surface area contributed by atoms with Crippen molar-refractivity contribution in [3.63, 3.8) is 0 Å². The highest BCUT2D eigenvalue weighted by atomic mass is 79.9. The summed E-state index contributed by atoms with van der Waals surface area (Å²) in [5.41, 5.74) is 0.274. The van der Waals surface area contributed by atoms with Gasteiger partial charge in [-0.1, -0.05) is 27.5 Å². The van der Waals surface area contributed by atoms with Crippen LogP contribution in [0.5, 0.6) is 0 Å². The largest absolute Gasteiger partial charge is 0.379 e. The first kappa shape index (κ1) is 16.7. The van der Waals surface area contributed by atoms with Gasteiger partial charge in [0.2, 0.25) is 15.9 Å². The van der Waals surface area contributed by atoms with Crippen molar-refractivity contribution in [2.24, 2.45) is 0 Å². The van der Waals surface area contributed by atoms with Crippen molar-refractivity contribution in [1.82, 2.24) is 4.31 Å². The Bertz CT molecular complexity index is 632. The summed E-state index contributed by atoms with van der Waals surface area (Å²) in [6.45, 7) is 1.38. The van der Waals surface area contributed by atoms with Gasteiger partial charge in [-0.3, -0.25) is 4.79 Å². The normalized spacial score (nSPS) is 16.7. The number of rotatable bonds is 4. The van der Waals surface area contributed by atoms with E-state index in [0.29, 0.717) is 26.3 Å². The van der Waals surface area contributed by atoms with Gasteiger partial charge in [0.15, 0.2) is 0 Å². The number of anilines is 1. The second-order valence-electron chi connectivity index (χ2n) is 4.34. The van der Waals surface area contributed by atoms with Gasteiger partial charge in [-0.05, 0) is 18.2 Å². The molecule has 1 aromatic carbocycles. The summed E-state index contributed by atoms with van der Waals surface area (Å²) in [4.78, 5) is 11.5. The number of amides is 1. The second-order valence-corrected chi connectivity index (χ2v) is 7.25. The van der Waals surface area contributed by atoms with Gasteiger partial charge in [0.25, 0.3) is 0 Å². The van der Waals surface area contributed by atoms with E-state index in [0.717, 1.165) is 0 Å². The number of halogens is 2. The second kappa shape index (κ2) is 7.06. The average molecular weight is 398 g/mol. The number of carbonyl (C=O) groups excluding carboxylic acids is 1. The van der Waals surface area contributed by atoms with Gasteiger partial charge in [0, 0.05) is 13.1 Å². The first-order valence-electron chi connectivity index (χ1n) is 6.18. The molecule has 1 aliphatic heterocycles. The Labute approximate surface area is 136 Å². The standard InChI is InChI=1S/C12H14BrClN2O4S/c13-8-12(17)15-11-7-9(1-2-10(11)14)21(18,19)16-3-5-20-6-4-16/h1-2,7H,3-6,8H2,(H,15,17). The third kappa shape index (κ3) is 3.95. The third-order valence-electron chi connectivity index (χ3n) is 2.94. The number of benzene rings is 1. The zero-order valence-corrected chi connectivity index (χ0v) is 14.2. The van der Waals surface area contributed by atoms with E-state index in [1.165, 1.54) is 22.5 Å². The fraction of sp³-hybridized carbons (Fsp3) is 0.417. The zero-order valence-electron chi connectivity index (χ0n) is 11.0. The minimum atomic E-state index is -3.61. The molecule has 6 nitrogen and oxygen atoms in total. The lowest BCUT2D eigenvalue weighted by Gasteiger charge is -2.26. The van der Waals surface area contributed by atoms with E-state index in [4.69, 9.17) is 16.3 Å². The van der Waals surface area contributed by atoms with Crippen LogP contribution in [0, 0.1) is 0 Å². The third-order valence-corrected chi connectivity index (χ3v) is 5.67. The molecular formula is C12H14BrClN2O4S. The Balaban J connectivity index is 2.30. The van der Waals surface area contributed by atoms with E-state index in [9.17, 15) is 13.2 Å². The van der Waals surface area contributed by atoms with Crippen LogP contribution in [-0.4, -0.2) is 50.3 Å². The fourth-order valence-corrected chi connectivity index (χ4v) is 3.62. The smallest absolute Gasteiger partial charge is 0.243 e. The van der Waals surface area contributed by atoms with Crippen molar-refractivity contribution >= 4 is 49.1 Å². The van der Waals surface area contributed by atoms with Crippen LogP contribution in [0.3, 0.4) is 0 Å². The Morgan fingerprint density at radius 2 is 2.05 bits per heavy atom. The van der Waals surface area contributed by atoms with E-state index < -0.39 is 10.0 Å². The van der Waals surface area contributed by atoms with E-state index in [2.05, 4.69) is 21.2 Å². The topological polar surface area (TPSA) is 75.7 Å². The molecule has 1 aliphatic rings. The zero-order chi connectivity index (χ0) is 15.5. The van der Waals surface area contributed by atoms with Crippen LogP contribution < -0.4 is 5.32 Å². The molecule has 0 saturated carbocycles. The molecule has 2 rings (SSSR count). The van der Waals surface area contributed by atoms with Crippen molar-refractivity contribution in [1.29, 1.82) is 0 Å². The van der Waals surface area contributed by atoms with Crippen molar-refractivity contribution in [3.05, 3.63) is 23.2 Å². The highest BCUT2D eigenvalue weighted by Crippen LogP contribution is 2.27. The number of sulfonamides is 1. The highest BCUT2D eigenvalue weighted by molar-refractivity contribution is 9.09. The Hall–Kier alpha value is -0.670. The van der Waals surface area contributed by atoms with Gasteiger partial charge in [-0.15, -0.1) is 0 Å². The number of hydrogen-bond donors (Lipinski definition) is 1. The summed E-state index contributed by atoms with van der Waals surface area (Å²) in [5.74, 6) is -0.308. The molecule has 1 heterocycles. The summed E-state index contributed by atoms with van der Waals surface area (Å²) >= 11 is 9.00. The summed E-state index contributed by atoms with van der Waals surface area (Å²) in [6.07, 6.45) is 0. The monoisotopic (exact) mass is 396 g/mol. The fourth-order valence-electron chi connectivity index (χ4n) is 1.88. The van der Waals surface area contributed by atoms with Crippen LogP contribution in [0.25, 0.3) is 0 Å². The number of nitrogens with zero attached hydrogens (tertiary/aromatic N) is 1. The summed E-state index contributed by atoms with van der Waals surface area (Å²) in [7, 11) is -3.61. The van der Waals surface area contributed by atoms with E-state index >= 15 is 0 Å². The van der Waals surface area contributed by atoms with Gasteiger partial charge in [0.1, 0.15) is 0 Å². The average Bonchev–Trinajstić information content (AvgIpc) is 2.50. The SMILES string of the molecule is O=C(CBr)Nc1cc(S(=O)(=O)N2CCOCC2)ccc1Cl. The molecule has 0 spiro atoms. The van der Waals surface area contributed by atoms with Crippen molar-refractivity contribution in [2.75, 3.05) is 37.0 Å². The number of morpholine rings is 1. The Morgan fingerprint density at radius 1 is 1.38 bits per heavy atom. The highest BCUT2D eigenvalue weighted by Gasteiger charge is 2.27. The maximum atomic E-state index is 12.5. The van der Waals surface area contributed by atoms with Crippen LogP contribution in [0.15, 0.2) is 23.1 Å². The van der Waals surface area contributed by atoms with Crippen LogP contribution in [0.2, 0.25) is 5.02 Å². The van der Waals surface area contributed by atoms with E-state index in [1.54, 1.807) is 0 Å². The van der Waals surface area contributed by atoms with E-state index in [1.807, 2.05) is 0 Å². The first-order valence-corrected chi connectivity index (χ1v) is 9.12. The number of alkyl halides is 1. The first-order chi connectivity index (χ1) is 9.95. The number of hydrogen-bond acceptors (Lipinski definition) is 4. The molecular weight excluding hydrogens is 384 g/mol. The summed E-state index contributed by atoms with van der Waals surface area (Å²) < 4.78 is 31.5. The van der Waals surface area contributed by atoms with Gasteiger partial charge in [-0.25, -0.2) is 8.42 Å². The molecule has 0 radical (unpaired) electrons. The van der Waals surface area contributed by atoms with Crippen molar-refractivity contribution in [3.8, 4) is 0 Å². The number of nitrogens with one attached hydrogen (secondary N) is 1. The summed E-state index contributed by atoms with van der Waals surface area (Å²) in [6, 6.07) is 4.25. The molecule has 0 unspecified atom stereocenters. The lowest BCUT2D eigenvalue weighted by molar-refractivity contribution is -0.113.